The van der Waals surface area contributed by atoms with Gasteiger partial charge >= 0.3 is 5.97 Å². The Hall–Kier alpha value is -0.280. The van der Waals surface area contributed by atoms with Gasteiger partial charge in [0.2, 0.25) is 0 Å². The molecule has 0 bridgehead atoms. The normalized spacial score (nSPS) is 41.3. The third-order valence-corrected chi connectivity index (χ3v) is 3.32. The first-order chi connectivity index (χ1) is 5.05. The molecule has 70 valence electrons. The quantitative estimate of drug-likeness (QED) is 0.643. The molecule has 0 aromatic carbocycles. The maximum atomic E-state index is 10.7. The maximum absolute atomic E-state index is 10.7. The van der Waals surface area contributed by atoms with Crippen LogP contribution in [0, 0.1) is 17.3 Å². The van der Waals surface area contributed by atoms with Crippen LogP contribution >= 0.6 is 12.4 Å². The van der Waals surface area contributed by atoms with Gasteiger partial charge in [-0.05, 0) is 23.8 Å². The number of carboxylic acids is 1. The molecule has 1 saturated heterocycles. The molecule has 1 aliphatic carbocycles. The number of fused-ring (bicyclic) bond motifs is 1. The van der Waals surface area contributed by atoms with E-state index in [4.69, 9.17) is 5.11 Å². The fraction of sp³-hybridized carbons (Fsp3) is 0.875. The number of halogens is 1. The zero-order valence-electron chi connectivity index (χ0n) is 7.20. The molecular formula is C8H14ClNO2. The van der Waals surface area contributed by atoms with Crippen LogP contribution in [0.15, 0.2) is 0 Å². The van der Waals surface area contributed by atoms with Crippen LogP contribution in [0.1, 0.15) is 13.8 Å². The van der Waals surface area contributed by atoms with Gasteiger partial charge in [0.15, 0.2) is 0 Å². The lowest BCUT2D eigenvalue weighted by atomic mass is 10.0. The van der Waals surface area contributed by atoms with Crippen LogP contribution in [0.25, 0.3) is 0 Å². The van der Waals surface area contributed by atoms with Crippen LogP contribution in [-0.2, 0) is 4.79 Å². The van der Waals surface area contributed by atoms with Gasteiger partial charge in [0.25, 0.3) is 0 Å². The second-order valence-electron chi connectivity index (χ2n) is 4.18. The van der Waals surface area contributed by atoms with E-state index in [0.717, 1.165) is 6.54 Å². The van der Waals surface area contributed by atoms with E-state index in [2.05, 4.69) is 19.2 Å². The van der Waals surface area contributed by atoms with Gasteiger partial charge in [-0.2, -0.15) is 0 Å². The molecule has 0 aromatic rings. The first-order valence-corrected chi connectivity index (χ1v) is 4.01. The van der Waals surface area contributed by atoms with Crippen LogP contribution in [0.2, 0.25) is 0 Å². The highest BCUT2D eigenvalue weighted by atomic mass is 35.5. The number of nitrogens with one attached hydrogen (secondary N) is 1. The molecule has 0 aromatic heterocycles. The molecule has 2 rings (SSSR count). The van der Waals surface area contributed by atoms with E-state index in [1.165, 1.54) is 0 Å². The number of hydrogen-bond acceptors (Lipinski definition) is 2. The lowest BCUT2D eigenvalue weighted by Gasteiger charge is -2.14. The number of carbonyl (C=O) groups is 1. The smallest absolute Gasteiger partial charge is 0.321 e. The average molecular weight is 192 g/mol. The van der Waals surface area contributed by atoms with Crippen molar-refractivity contribution in [2.45, 2.75) is 19.9 Å². The average Bonchev–Trinajstić information content (AvgIpc) is 2.34. The standard InChI is InChI=1S/C8H13NO2.ClH/c1-8(2)4-3-9-6(5(4)8)7(10)11;/h4-6,9H,3H2,1-2H3,(H,10,11);1H. The van der Waals surface area contributed by atoms with Gasteiger partial charge in [-0.25, -0.2) is 0 Å². The minimum atomic E-state index is -0.692. The molecule has 2 N–H and O–H groups in total. The second kappa shape index (κ2) is 2.60. The lowest BCUT2D eigenvalue weighted by molar-refractivity contribution is -0.139. The van der Waals surface area contributed by atoms with E-state index < -0.39 is 5.97 Å². The summed E-state index contributed by atoms with van der Waals surface area (Å²) in [6.45, 7) is 5.19. The highest BCUT2D eigenvalue weighted by molar-refractivity contribution is 5.85. The molecule has 1 saturated carbocycles. The Balaban J connectivity index is 0.000000720. The predicted octanol–water partition coefficient (Wildman–Crippen LogP) is 0.737. The molecular weight excluding hydrogens is 178 g/mol. The van der Waals surface area contributed by atoms with E-state index in [0.29, 0.717) is 11.8 Å². The topological polar surface area (TPSA) is 49.3 Å². The fourth-order valence-electron chi connectivity index (χ4n) is 2.46. The van der Waals surface area contributed by atoms with Crippen molar-refractivity contribution in [2.75, 3.05) is 6.54 Å². The maximum Gasteiger partial charge on any atom is 0.321 e. The summed E-state index contributed by atoms with van der Waals surface area (Å²) in [5, 5.41) is 11.8. The van der Waals surface area contributed by atoms with Gasteiger partial charge in [0, 0.05) is 0 Å². The molecule has 1 heterocycles. The van der Waals surface area contributed by atoms with E-state index >= 15 is 0 Å². The molecule has 0 amide bonds. The van der Waals surface area contributed by atoms with E-state index in [-0.39, 0.29) is 23.9 Å². The lowest BCUT2D eigenvalue weighted by Crippen LogP contribution is -2.37. The number of rotatable bonds is 1. The second-order valence-corrected chi connectivity index (χ2v) is 4.18. The summed E-state index contributed by atoms with van der Waals surface area (Å²) in [5.74, 6) is 0.284. The number of hydrogen-bond donors (Lipinski definition) is 2. The van der Waals surface area contributed by atoms with Crippen molar-refractivity contribution < 1.29 is 9.90 Å². The van der Waals surface area contributed by atoms with E-state index in [1.807, 2.05) is 0 Å². The minimum Gasteiger partial charge on any atom is -0.480 e. The molecule has 3 unspecified atom stereocenters. The number of aliphatic carboxylic acids is 1. The Morgan fingerprint density at radius 3 is 2.42 bits per heavy atom. The van der Waals surface area contributed by atoms with Gasteiger partial charge in [-0.3, -0.25) is 4.79 Å². The summed E-state index contributed by atoms with van der Waals surface area (Å²) in [6, 6.07) is -0.282. The molecule has 0 spiro atoms. The zero-order chi connectivity index (χ0) is 8.22. The van der Waals surface area contributed by atoms with Crippen molar-refractivity contribution >= 4 is 18.4 Å². The van der Waals surface area contributed by atoms with Gasteiger partial charge in [0.1, 0.15) is 6.04 Å². The third kappa shape index (κ3) is 1.04. The number of carboxylic acid groups (broad SMARTS) is 1. The third-order valence-electron chi connectivity index (χ3n) is 3.32. The van der Waals surface area contributed by atoms with Crippen molar-refractivity contribution in [3.05, 3.63) is 0 Å². The highest BCUT2D eigenvalue weighted by Gasteiger charge is 2.65. The predicted molar refractivity (Wildman–Crippen MR) is 47.4 cm³/mol. The largest absolute Gasteiger partial charge is 0.480 e. The molecule has 3 nitrogen and oxygen atoms in total. The first kappa shape index (κ1) is 9.81. The molecule has 1 aliphatic heterocycles. The molecule has 2 fully saturated rings. The van der Waals surface area contributed by atoms with Crippen molar-refractivity contribution in [3.8, 4) is 0 Å². The molecule has 4 heteroatoms. The molecule has 0 radical (unpaired) electrons. The van der Waals surface area contributed by atoms with Gasteiger partial charge in [-0.15, -0.1) is 12.4 Å². The monoisotopic (exact) mass is 191 g/mol. The number of piperidine rings is 1. The van der Waals surface area contributed by atoms with Crippen LogP contribution in [0.3, 0.4) is 0 Å². The summed E-state index contributed by atoms with van der Waals surface area (Å²) in [5.41, 5.74) is 0.272. The Labute approximate surface area is 77.9 Å². The van der Waals surface area contributed by atoms with E-state index in [9.17, 15) is 4.79 Å². The zero-order valence-corrected chi connectivity index (χ0v) is 8.02. The summed E-state index contributed by atoms with van der Waals surface area (Å²) in [4.78, 5) is 10.7. The Bertz CT molecular complexity index is 217. The fourth-order valence-corrected chi connectivity index (χ4v) is 2.46. The van der Waals surface area contributed by atoms with Crippen LogP contribution in [-0.4, -0.2) is 23.7 Å². The summed E-state index contributed by atoms with van der Waals surface area (Å²) in [7, 11) is 0. The Morgan fingerprint density at radius 1 is 1.58 bits per heavy atom. The van der Waals surface area contributed by atoms with Crippen LogP contribution in [0.4, 0.5) is 0 Å². The summed E-state index contributed by atoms with van der Waals surface area (Å²) >= 11 is 0. The summed E-state index contributed by atoms with van der Waals surface area (Å²) in [6.07, 6.45) is 0. The summed E-state index contributed by atoms with van der Waals surface area (Å²) < 4.78 is 0. The van der Waals surface area contributed by atoms with Crippen molar-refractivity contribution in [1.82, 2.24) is 5.32 Å². The molecule has 3 atom stereocenters. The van der Waals surface area contributed by atoms with Crippen LogP contribution in [0.5, 0.6) is 0 Å². The van der Waals surface area contributed by atoms with Crippen molar-refractivity contribution in [1.29, 1.82) is 0 Å². The minimum absolute atomic E-state index is 0. The van der Waals surface area contributed by atoms with Gasteiger partial charge < -0.3 is 10.4 Å². The van der Waals surface area contributed by atoms with Gasteiger partial charge in [-0.1, -0.05) is 13.8 Å². The SMILES string of the molecule is CC1(C)C2CNC(C(=O)O)C21.Cl. The highest BCUT2D eigenvalue weighted by Crippen LogP contribution is 2.62. The molecule has 12 heavy (non-hydrogen) atoms. The van der Waals surface area contributed by atoms with E-state index in [1.54, 1.807) is 0 Å². The first-order valence-electron chi connectivity index (χ1n) is 4.01. The van der Waals surface area contributed by atoms with Crippen LogP contribution < -0.4 is 5.32 Å². The van der Waals surface area contributed by atoms with Crippen molar-refractivity contribution in [3.63, 3.8) is 0 Å². The van der Waals surface area contributed by atoms with Gasteiger partial charge in [0.05, 0.1) is 0 Å². The molecule has 2 aliphatic rings. The Morgan fingerprint density at radius 2 is 2.17 bits per heavy atom. The van der Waals surface area contributed by atoms with Crippen molar-refractivity contribution in [2.24, 2.45) is 17.3 Å². The Kier molecular flexibility index (Phi) is 2.13.